The predicted molar refractivity (Wildman–Crippen MR) is 80.0 cm³/mol. The number of aryl methyl sites for hydroxylation is 1. The van der Waals surface area contributed by atoms with Crippen LogP contribution in [0, 0.1) is 13.8 Å². The minimum atomic E-state index is 0.142. The van der Waals surface area contributed by atoms with E-state index in [2.05, 4.69) is 20.6 Å². The van der Waals surface area contributed by atoms with E-state index in [4.69, 9.17) is 0 Å². The van der Waals surface area contributed by atoms with Crippen molar-refractivity contribution < 1.29 is 4.79 Å². The van der Waals surface area contributed by atoms with Gasteiger partial charge in [-0.25, -0.2) is 9.97 Å². The van der Waals surface area contributed by atoms with Gasteiger partial charge in [-0.2, -0.15) is 0 Å². The van der Waals surface area contributed by atoms with E-state index in [-0.39, 0.29) is 5.91 Å². The first kappa shape index (κ1) is 14.6. The predicted octanol–water partition coefficient (Wildman–Crippen LogP) is 1.56. The molecular weight excluding hydrogens is 254 g/mol. The Bertz CT molecular complexity index is 483. The van der Waals surface area contributed by atoms with Gasteiger partial charge < -0.3 is 15.5 Å². The van der Waals surface area contributed by atoms with Gasteiger partial charge in [0.2, 0.25) is 5.91 Å². The number of anilines is 2. The maximum Gasteiger partial charge on any atom is 0.241 e. The molecule has 0 aliphatic carbocycles. The third-order valence-electron chi connectivity index (χ3n) is 3.47. The molecule has 2 N–H and O–H groups in total. The van der Waals surface area contributed by atoms with Crippen LogP contribution in [0.4, 0.5) is 11.6 Å². The quantitative estimate of drug-likeness (QED) is 0.854. The summed E-state index contributed by atoms with van der Waals surface area (Å²) in [6.45, 7) is 8.71. The average Bonchev–Trinajstić information content (AvgIpc) is 2.95. The van der Waals surface area contributed by atoms with Crippen molar-refractivity contribution in [1.82, 2.24) is 14.9 Å². The summed E-state index contributed by atoms with van der Waals surface area (Å²) in [7, 11) is 0. The number of amides is 1. The molecule has 1 aromatic rings. The summed E-state index contributed by atoms with van der Waals surface area (Å²) in [5, 5.41) is 6.36. The summed E-state index contributed by atoms with van der Waals surface area (Å²) in [6.07, 6.45) is 2.23. The van der Waals surface area contributed by atoms with Crippen molar-refractivity contribution in [3.8, 4) is 0 Å². The summed E-state index contributed by atoms with van der Waals surface area (Å²) in [5.41, 5.74) is 0.951. The van der Waals surface area contributed by atoms with Crippen LogP contribution in [0.25, 0.3) is 0 Å². The summed E-state index contributed by atoms with van der Waals surface area (Å²) in [6, 6.07) is 0. The number of carbonyl (C=O) groups is 1. The third kappa shape index (κ3) is 3.37. The van der Waals surface area contributed by atoms with Gasteiger partial charge in [0.05, 0.1) is 6.54 Å². The molecule has 1 fully saturated rings. The molecule has 6 heteroatoms. The lowest BCUT2D eigenvalue weighted by Gasteiger charge is -2.17. The summed E-state index contributed by atoms with van der Waals surface area (Å²) < 4.78 is 0. The molecule has 0 atom stereocenters. The number of nitrogens with one attached hydrogen (secondary N) is 2. The molecule has 1 saturated heterocycles. The van der Waals surface area contributed by atoms with Crippen LogP contribution in [0.2, 0.25) is 0 Å². The minimum Gasteiger partial charge on any atom is -0.370 e. The monoisotopic (exact) mass is 277 g/mol. The van der Waals surface area contributed by atoms with Crippen LogP contribution in [-0.2, 0) is 4.79 Å². The number of nitrogens with zero attached hydrogens (tertiary/aromatic N) is 3. The summed E-state index contributed by atoms with van der Waals surface area (Å²) >= 11 is 0. The molecule has 6 nitrogen and oxygen atoms in total. The van der Waals surface area contributed by atoms with Crippen LogP contribution in [-0.4, -0.2) is 47.0 Å². The van der Waals surface area contributed by atoms with Crippen molar-refractivity contribution in [1.29, 1.82) is 0 Å². The summed E-state index contributed by atoms with van der Waals surface area (Å²) in [5.74, 6) is 2.41. The molecular formula is C14H23N5O. The summed E-state index contributed by atoms with van der Waals surface area (Å²) in [4.78, 5) is 22.7. The molecule has 110 valence electrons. The van der Waals surface area contributed by atoms with Crippen LogP contribution in [0.3, 0.4) is 0 Å². The average molecular weight is 277 g/mol. The largest absolute Gasteiger partial charge is 0.370 e. The minimum absolute atomic E-state index is 0.142. The van der Waals surface area contributed by atoms with Crippen molar-refractivity contribution in [2.75, 3.05) is 36.8 Å². The van der Waals surface area contributed by atoms with Crippen LogP contribution in [0.1, 0.15) is 31.2 Å². The molecule has 1 aliphatic heterocycles. The number of aromatic nitrogens is 2. The van der Waals surface area contributed by atoms with E-state index in [1.807, 2.05) is 25.7 Å². The third-order valence-corrected chi connectivity index (χ3v) is 3.47. The number of hydrogen-bond acceptors (Lipinski definition) is 5. The smallest absolute Gasteiger partial charge is 0.241 e. The Morgan fingerprint density at radius 1 is 1.15 bits per heavy atom. The molecule has 2 rings (SSSR count). The van der Waals surface area contributed by atoms with Gasteiger partial charge in [0.25, 0.3) is 0 Å². The molecule has 0 bridgehead atoms. The zero-order valence-electron chi connectivity index (χ0n) is 12.5. The second-order valence-corrected chi connectivity index (χ2v) is 5.06. The maximum absolute atomic E-state index is 12.0. The molecule has 0 saturated carbocycles. The second kappa shape index (κ2) is 6.54. The van der Waals surface area contributed by atoms with Crippen LogP contribution in [0.15, 0.2) is 0 Å². The fourth-order valence-electron chi connectivity index (χ4n) is 2.38. The number of carbonyl (C=O) groups excluding carboxylic acids is 1. The van der Waals surface area contributed by atoms with Gasteiger partial charge in [0.1, 0.15) is 17.5 Å². The Morgan fingerprint density at radius 2 is 1.75 bits per heavy atom. The van der Waals surface area contributed by atoms with Crippen molar-refractivity contribution in [3.05, 3.63) is 11.4 Å². The zero-order chi connectivity index (χ0) is 14.5. The highest BCUT2D eigenvalue weighted by molar-refractivity contribution is 5.81. The van der Waals surface area contributed by atoms with Crippen LogP contribution >= 0.6 is 0 Å². The SMILES string of the molecule is CCNc1nc(C)nc(NCC(=O)N2CCCC2)c1C. The van der Waals surface area contributed by atoms with Crippen LogP contribution in [0.5, 0.6) is 0 Å². The highest BCUT2D eigenvalue weighted by Crippen LogP contribution is 2.19. The molecule has 20 heavy (non-hydrogen) atoms. The molecule has 0 radical (unpaired) electrons. The topological polar surface area (TPSA) is 70.1 Å². The van der Waals surface area contributed by atoms with Crippen molar-refractivity contribution in [2.24, 2.45) is 0 Å². The van der Waals surface area contributed by atoms with E-state index in [9.17, 15) is 4.79 Å². The van der Waals surface area contributed by atoms with Crippen LogP contribution < -0.4 is 10.6 Å². The number of hydrogen-bond donors (Lipinski definition) is 2. The van der Waals surface area contributed by atoms with Gasteiger partial charge in [0, 0.05) is 25.2 Å². The Hall–Kier alpha value is -1.85. The maximum atomic E-state index is 12.0. The first-order chi connectivity index (χ1) is 9.61. The second-order valence-electron chi connectivity index (χ2n) is 5.06. The Balaban J connectivity index is 2.03. The van der Waals surface area contributed by atoms with Gasteiger partial charge >= 0.3 is 0 Å². The molecule has 1 aromatic heterocycles. The van der Waals surface area contributed by atoms with E-state index in [1.54, 1.807) is 0 Å². The lowest BCUT2D eigenvalue weighted by atomic mass is 10.3. The molecule has 0 spiro atoms. The van der Waals surface area contributed by atoms with E-state index < -0.39 is 0 Å². The zero-order valence-corrected chi connectivity index (χ0v) is 12.5. The van der Waals surface area contributed by atoms with E-state index in [1.165, 1.54) is 0 Å². The molecule has 1 amide bonds. The molecule has 0 aromatic carbocycles. The van der Waals surface area contributed by atoms with Crippen molar-refractivity contribution in [2.45, 2.75) is 33.6 Å². The van der Waals surface area contributed by atoms with Gasteiger partial charge in [-0.3, -0.25) is 4.79 Å². The van der Waals surface area contributed by atoms with E-state index >= 15 is 0 Å². The lowest BCUT2D eigenvalue weighted by molar-refractivity contribution is -0.128. The number of rotatable bonds is 5. The van der Waals surface area contributed by atoms with Gasteiger partial charge in [0.15, 0.2) is 0 Å². The van der Waals surface area contributed by atoms with Crippen molar-refractivity contribution >= 4 is 17.5 Å². The van der Waals surface area contributed by atoms with E-state index in [0.717, 1.165) is 49.7 Å². The Kier molecular flexibility index (Phi) is 4.76. The Labute approximate surface area is 120 Å². The van der Waals surface area contributed by atoms with E-state index in [0.29, 0.717) is 12.4 Å². The fraction of sp³-hybridized carbons (Fsp3) is 0.643. The first-order valence-electron chi connectivity index (χ1n) is 7.22. The first-order valence-corrected chi connectivity index (χ1v) is 7.22. The molecule has 2 heterocycles. The standard InChI is InChI=1S/C14H23N5O/c1-4-15-13-10(2)14(18-11(3)17-13)16-9-12(20)19-7-5-6-8-19/h4-9H2,1-3H3,(H2,15,16,17,18). The molecule has 1 aliphatic rings. The van der Waals surface area contributed by atoms with Gasteiger partial charge in [-0.05, 0) is 33.6 Å². The lowest BCUT2D eigenvalue weighted by Crippen LogP contribution is -2.33. The fourth-order valence-corrected chi connectivity index (χ4v) is 2.38. The highest BCUT2D eigenvalue weighted by Gasteiger charge is 2.18. The van der Waals surface area contributed by atoms with Gasteiger partial charge in [-0.15, -0.1) is 0 Å². The normalized spacial score (nSPS) is 14.4. The molecule has 0 unspecified atom stereocenters. The Morgan fingerprint density at radius 3 is 2.35 bits per heavy atom. The van der Waals surface area contributed by atoms with Gasteiger partial charge in [-0.1, -0.05) is 0 Å². The highest BCUT2D eigenvalue weighted by atomic mass is 16.2. The van der Waals surface area contributed by atoms with Crippen molar-refractivity contribution in [3.63, 3.8) is 0 Å². The number of likely N-dealkylation sites (tertiary alicyclic amines) is 1.